The van der Waals surface area contributed by atoms with E-state index in [9.17, 15) is 18.0 Å². The Bertz CT molecular complexity index is 1010. The van der Waals surface area contributed by atoms with Crippen molar-refractivity contribution in [3.63, 3.8) is 0 Å². The molecule has 8 heteroatoms. The van der Waals surface area contributed by atoms with Crippen molar-refractivity contribution in [3.8, 4) is 0 Å². The largest absolute Gasteiger partial charge is 0.368 e. The number of Topliss-reactive ketones (excluding diaryl/α,β-unsaturated/α-hetero) is 1. The molecule has 7 nitrogen and oxygen atoms in total. The van der Waals surface area contributed by atoms with Crippen LogP contribution in [0, 0.1) is 6.92 Å². The number of benzene rings is 2. The van der Waals surface area contributed by atoms with Gasteiger partial charge in [0, 0.05) is 44.5 Å². The normalized spacial score (nSPS) is 14.8. The van der Waals surface area contributed by atoms with Crippen LogP contribution in [0.15, 0.2) is 53.4 Å². The minimum Gasteiger partial charge on any atom is -0.368 e. The van der Waals surface area contributed by atoms with Gasteiger partial charge in [-0.05, 0) is 50.2 Å². The van der Waals surface area contributed by atoms with E-state index in [4.69, 9.17) is 0 Å². The number of anilines is 1. The molecule has 1 fully saturated rings. The maximum atomic E-state index is 12.7. The lowest BCUT2D eigenvalue weighted by Gasteiger charge is -2.36. The number of piperazine rings is 1. The molecule has 2 aromatic carbocycles. The second-order valence-electron chi connectivity index (χ2n) is 7.55. The highest BCUT2D eigenvalue weighted by Crippen LogP contribution is 2.19. The molecule has 1 amide bonds. The highest BCUT2D eigenvalue weighted by Gasteiger charge is 2.27. The molecule has 3 rings (SSSR count). The molecule has 0 radical (unpaired) electrons. The zero-order valence-corrected chi connectivity index (χ0v) is 18.4. The average Bonchev–Trinajstić information content (AvgIpc) is 2.74. The first kappa shape index (κ1) is 22.0. The summed E-state index contributed by atoms with van der Waals surface area (Å²) in [7, 11) is -2.28. The Labute approximate surface area is 177 Å². The summed E-state index contributed by atoms with van der Waals surface area (Å²) < 4.78 is 26.5. The topological polar surface area (TPSA) is 78.0 Å². The molecule has 0 aliphatic carbocycles. The molecular weight excluding hydrogens is 402 g/mol. The fourth-order valence-corrected chi connectivity index (χ4v) is 4.51. The van der Waals surface area contributed by atoms with E-state index in [2.05, 4.69) is 4.90 Å². The van der Waals surface area contributed by atoms with Gasteiger partial charge in [-0.15, -0.1) is 0 Å². The minimum absolute atomic E-state index is 0.0293. The van der Waals surface area contributed by atoms with Gasteiger partial charge in [0.1, 0.15) is 0 Å². The number of rotatable bonds is 6. The van der Waals surface area contributed by atoms with E-state index in [1.807, 2.05) is 19.1 Å². The molecule has 160 valence electrons. The standard InChI is InChI=1S/C22H27N3O4S/c1-17-4-10-21(11-5-17)30(28,29)23(3)16-22(27)25-14-12-24(13-15-25)20-8-6-19(7-9-20)18(2)26/h4-11H,12-16H2,1-3H3. The first-order valence-corrected chi connectivity index (χ1v) is 11.3. The van der Waals surface area contributed by atoms with Crippen LogP contribution in [0.1, 0.15) is 22.8 Å². The predicted octanol–water partition coefficient (Wildman–Crippen LogP) is 2.17. The Hall–Kier alpha value is -2.71. The minimum atomic E-state index is -3.71. The fourth-order valence-electron chi connectivity index (χ4n) is 3.39. The van der Waals surface area contributed by atoms with Crippen LogP contribution in [0.2, 0.25) is 0 Å². The molecular formula is C22H27N3O4S. The summed E-state index contributed by atoms with van der Waals surface area (Å²) in [5.74, 6) is -0.179. The summed E-state index contributed by atoms with van der Waals surface area (Å²) in [6.07, 6.45) is 0. The highest BCUT2D eigenvalue weighted by molar-refractivity contribution is 7.89. The van der Waals surface area contributed by atoms with Gasteiger partial charge in [-0.1, -0.05) is 17.7 Å². The summed E-state index contributed by atoms with van der Waals surface area (Å²) in [5, 5.41) is 0. The second-order valence-corrected chi connectivity index (χ2v) is 9.59. The van der Waals surface area contributed by atoms with Gasteiger partial charge >= 0.3 is 0 Å². The molecule has 0 N–H and O–H groups in total. The van der Waals surface area contributed by atoms with E-state index in [1.165, 1.54) is 14.0 Å². The Morgan fingerprint density at radius 1 is 0.933 bits per heavy atom. The molecule has 30 heavy (non-hydrogen) atoms. The smallest absolute Gasteiger partial charge is 0.243 e. The average molecular weight is 430 g/mol. The van der Waals surface area contributed by atoms with Gasteiger partial charge in [0.25, 0.3) is 0 Å². The Morgan fingerprint density at radius 2 is 1.50 bits per heavy atom. The molecule has 0 spiro atoms. The number of sulfonamides is 1. The lowest BCUT2D eigenvalue weighted by Crippen LogP contribution is -2.51. The predicted molar refractivity (Wildman–Crippen MR) is 116 cm³/mol. The lowest BCUT2D eigenvalue weighted by molar-refractivity contribution is -0.131. The molecule has 1 heterocycles. The molecule has 0 unspecified atom stereocenters. The maximum Gasteiger partial charge on any atom is 0.243 e. The van der Waals surface area contributed by atoms with E-state index in [1.54, 1.807) is 41.3 Å². The number of hydrogen-bond acceptors (Lipinski definition) is 5. The van der Waals surface area contributed by atoms with Crippen molar-refractivity contribution in [2.24, 2.45) is 0 Å². The van der Waals surface area contributed by atoms with Gasteiger partial charge in [-0.3, -0.25) is 9.59 Å². The van der Waals surface area contributed by atoms with E-state index in [-0.39, 0.29) is 23.1 Å². The van der Waals surface area contributed by atoms with Gasteiger partial charge < -0.3 is 9.80 Å². The molecule has 0 atom stereocenters. The van der Waals surface area contributed by atoms with E-state index < -0.39 is 10.0 Å². The summed E-state index contributed by atoms with van der Waals surface area (Å²) in [6.45, 7) is 5.58. The number of ketones is 1. The van der Waals surface area contributed by atoms with Crippen molar-refractivity contribution in [2.45, 2.75) is 18.7 Å². The SMILES string of the molecule is CC(=O)c1ccc(N2CCN(C(=O)CN(C)S(=O)(=O)c3ccc(C)cc3)CC2)cc1. The van der Waals surface area contributed by atoms with Crippen LogP contribution in [0.5, 0.6) is 0 Å². The van der Waals surface area contributed by atoms with Crippen LogP contribution >= 0.6 is 0 Å². The number of carbonyl (C=O) groups is 2. The number of hydrogen-bond donors (Lipinski definition) is 0. The second kappa shape index (κ2) is 8.97. The van der Waals surface area contributed by atoms with Crippen LogP contribution in [0.3, 0.4) is 0 Å². The van der Waals surface area contributed by atoms with Gasteiger partial charge in [0.05, 0.1) is 11.4 Å². The monoisotopic (exact) mass is 429 g/mol. The van der Waals surface area contributed by atoms with Crippen molar-refractivity contribution in [2.75, 3.05) is 44.7 Å². The van der Waals surface area contributed by atoms with E-state index in [0.717, 1.165) is 15.6 Å². The van der Waals surface area contributed by atoms with Crippen molar-refractivity contribution in [1.82, 2.24) is 9.21 Å². The van der Waals surface area contributed by atoms with Crippen molar-refractivity contribution >= 4 is 27.4 Å². The van der Waals surface area contributed by atoms with Crippen molar-refractivity contribution < 1.29 is 18.0 Å². The Balaban J connectivity index is 1.57. The third kappa shape index (κ3) is 4.88. The number of carbonyl (C=O) groups excluding carboxylic acids is 2. The zero-order valence-electron chi connectivity index (χ0n) is 17.5. The van der Waals surface area contributed by atoms with Gasteiger partial charge in [0.15, 0.2) is 5.78 Å². The summed E-state index contributed by atoms with van der Waals surface area (Å²) in [4.78, 5) is 28.1. The molecule has 1 aliphatic heterocycles. The van der Waals surface area contributed by atoms with Crippen LogP contribution in [-0.2, 0) is 14.8 Å². The Kier molecular flexibility index (Phi) is 6.58. The third-order valence-corrected chi connectivity index (χ3v) is 7.18. The zero-order chi connectivity index (χ0) is 21.9. The molecule has 1 aliphatic rings. The number of aryl methyl sites for hydroxylation is 1. The van der Waals surface area contributed by atoms with Crippen molar-refractivity contribution in [3.05, 3.63) is 59.7 Å². The first-order valence-electron chi connectivity index (χ1n) is 9.85. The maximum absolute atomic E-state index is 12.7. The van der Waals surface area contributed by atoms with Gasteiger partial charge in [0.2, 0.25) is 15.9 Å². The van der Waals surface area contributed by atoms with Crippen LogP contribution in [-0.4, -0.2) is 69.1 Å². The Morgan fingerprint density at radius 3 is 2.03 bits per heavy atom. The van der Waals surface area contributed by atoms with E-state index >= 15 is 0 Å². The fraction of sp³-hybridized carbons (Fsp3) is 0.364. The number of amides is 1. The quantitative estimate of drug-likeness (QED) is 0.658. The molecule has 0 aromatic heterocycles. The van der Waals surface area contributed by atoms with Crippen LogP contribution in [0.25, 0.3) is 0 Å². The summed E-state index contributed by atoms with van der Waals surface area (Å²) >= 11 is 0. The van der Waals surface area contributed by atoms with Crippen LogP contribution in [0.4, 0.5) is 5.69 Å². The molecule has 0 saturated carbocycles. The molecule has 2 aromatic rings. The summed E-state index contributed by atoms with van der Waals surface area (Å²) in [5.41, 5.74) is 2.65. The van der Waals surface area contributed by atoms with Gasteiger partial charge in [-0.2, -0.15) is 4.31 Å². The van der Waals surface area contributed by atoms with Gasteiger partial charge in [-0.25, -0.2) is 8.42 Å². The third-order valence-electron chi connectivity index (χ3n) is 5.36. The highest BCUT2D eigenvalue weighted by atomic mass is 32.2. The molecule has 0 bridgehead atoms. The number of nitrogens with zero attached hydrogens (tertiary/aromatic N) is 3. The van der Waals surface area contributed by atoms with E-state index in [0.29, 0.717) is 31.7 Å². The number of likely N-dealkylation sites (N-methyl/N-ethyl adjacent to an activating group) is 1. The van der Waals surface area contributed by atoms with Crippen LogP contribution < -0.4 is 4.90 Å². The summed E-state index contributed by atoms with van der Waals surface area (Å²) in [6, 6.07) is 14.0. The van der Waals surface area contributed by atoms with Crippen molar-refractivity contribution in [1.29, 1.82) is 0 Å². The lowest BCUT2D eigenvalue weighted by atomic mass is 10.1. The molecule has 1 saturated heterocycles. The first-order chi connectivity index (χ1) is 14.2.